The lowest BCUT2D eigenvalue weighted by Gasteiger charge is -2.07. The monoisotopic (exact) mass is 274 g/mol. The van der Waals surface area contributed by atoms with Gasteiger partial charge in [0.05, 0.1) is 0 Å². The highest BCUT2D eigenvalue weighted by atomic mass is 19.1. The summed E-state index contributed by atoms with van der Waals surface area (Å²) in [6.45, 7) is 1.95. The van der Waals surface area contributed by atoms with E-state index in [0.717, 1.165) is 17.2 Å². The molecule has 0 aliphatic carbocycles. The lowest BCUT2D eigenvalue weighted by molar-refractivity contribution is 0.0355. The number of rotatable bonds is 2. The zero-order valence-corrected chi connectivity index (χ0v) is 10.7. The molecule has 0 bridgehead atoms. The van der Waals surface area contributed by atoms with E-state index in [1.165, 1.54) is 12.1 Å². The summed E-state index contributed by atoms with van der Waals surface area (Å²) >= 11 is 0. The molecule has 3 nitrogen and oxygen atoms in total. The summed E-state index contributed by atoms with van der Waals surface area (Å²) in [4.78, 5) is 9.57. The van der Waals surface area contributed by atoms with Crippen LogP contribution >= 0.6 is 0 Å². The van der Waals surface area contributed by atoms with Crippen LogP contribution in [0.1, 0.15) is 22.9 Å². The Morgan fingerprint density at radius 2 is 1.95 bits per heavy atom. The number of nitrogens with one attached hydrogen (secondary N) is 1. The number of hydroxylamine groups is 1. The third-order valence-electron chi connectivity index (χ3n) is 3.14. The summed E-state index contributed by atoms with van der Waals surface area (Å²) in [6, 6.07) is 11.0. The molecule has 20 heavy (non-hydrogen) atoms. The van der Waals surface area contributed by atoms with Crippen molar-refractivity contribution >= 4 is 5.84 Å². The largest absolute Gasteiger partial charge is 0.246 e. The Morgan fingerprint density at radius 1 is 1.15 bits per heavy atom. The molecule has 1 atom stereocenters. The second-order valence-corrected chi connectivity index (χ2v) is 4.53. The number of halogens is 2. The number of amidine groups is 1. The van der Waals surface area contributed by atoms with Crippen molar-refractivity contribution in [1.29, 1.82) is 0 Å². The van der Waals surface area contributed by atoms with Gasteiger partial charge < -0.3 is 0 Å². The Morgan fingerprint density at radius 3 is 2.70 bits per heavy atom. The van der Waals surface area contributed by atoms with Gasteiger partial charge in [-0.15, -0.1) is 0 Å². The van der Waals surface area contributed by atoms with E-state index in [-0.39, 0.29) is 5.56 Å². The van der Waals surface area contributed by atoms with Gasteiger partial charge in [-0.25, -0.2) is 24.1 Å². The molecule has 2 aromatic carbocycles. The topological polar surface area (TPSA) is 33.6 Å². The highest BCUT2D eigenvalue weighted by Gasteiger charge is 2.24. The molecule has 0 fully saturated rings. The van der Waals surface area contributed by atoms with Crippen molar-refractivity contribution in [3.63, 3.8) is 0 Å². The fourth-order valence-corrected chi connectivity index (χ4v) is 2.08. The summed E-state index contributed by atoms with van der Waals surface area (Å²) in [5.74, 6) is -0.760. The van der Waals surface area contributed by atoms with Crippen molar-refractivity contribution in [3.8, 4) is 0 Å². The first-order valence-corrected chi connectivity index (χ1v) is 6.15. The summed E-state index contributed by atoms with van der Waals surface area (Å²) < 4.78 is 26.6. The van der Waals surface area contributed by atoms with Gasteiger partial charge in [0.15, 0.2) is 5.84 Å². The molecule has 0 unspecified atom stereocenters. The molecule has 0 radical (unpaired) electrons. The van der Waals surface area contributed by atoms with Crippen molar-refractivity contribution in [3.05, 3.63) is 70.8 Å². The molecule has 1 aliphatic rings. The normalized spacial score (nSPS) is 17.8. The second-order valence-electron chi connectivity index (χ2n) is 4.53. The van der Waals surface area contributed by atoms with E-state index in [0.29, 0.717) is 5.84 Å². The minimum absolute atomic E-state index is 0.197. The predicted molar refractivity (Wildman–Crippen MR) is 71.0 cm³/mol. The Labute approximate surface area is 114 Å². The molecule has 5 heteroatoms. The van der Waals surface area contributed by atoms with Crippen LogP contribution in [0.3, 0.4) is 0 Å². The number of aryl methyl sites for hydroxylation is 1. The fourth-order valence-electron chi connectivity index (χ4n) is 2.08. The highest BCUT2D eigenvalue weighted by Crippen LogP contribution is 2.26. The maximum Gasteiger partial charge on any atom is 0.205 e. The first kappa shape index (κ1) is 12.7. The Kier molecular flexibility index (Phi) is 3.20. The molecule has 0 saturated heterocycles. The van der Waals surface area contributed by atoms with E-state index in [1.807, 2.05) is 31.2 Å². The van der Waals surface area contributed by atoms with Gasteiger partial charge in [-0.1, -0.05) is 24.3 Å². The zero-order chi connectivity index (χ0) is 14.1. The summed E-state index contributed by atoms with van der Waals surface area (Å²) in [6.07, 6.45) is -0.815. The van der Waals surface area contributed by atoms with Gasteiger partial charge in [-0.3, -0.25) is 0 Å². The molecule has 0 saturated carbocycles. The zero-order valence-electron chi connectivity index (χ0n) is 10.7. The maximum atomic E-state index is 13.7. The first-order valence-electron chi connectivity index (χ1n) is 6.15. The smallest absolute Gasteiger partial charge is 0.205 e. The molecular formula is C15H12F2N2O. The van der Waals surface area contributed by atoms with Crippen molar-refractivity contribution < 1.29 is 13.6 Å². The summed E-state index contributed by atoms with van der Waals surface area (Å²) in [5, 5.41) is 0. The molecule has 3 rings (SSSR count). The third kappa shape index (κ3) is 2.28. The highest BCUT2D eigenvalue weighted by molar-refractivity contribution is 6.00. The van der Waals surface area contributed by atoms with Crippen molar-refractivity contribution in [1.82, 2.24) is 5.48 Å². The van der Waals surface area contributed by atoms with Gasteiger partial charge in [0, 0.05) is 17.2 Å². The van der Waals surface area contributed by atoms with Gasteiger partial charge in [0.25, 0.3) is 0 Å². The molecule has 0 aromatic heterocycles. The van der Waals surface area contributed by atoms with E-state index in [1.54, 1.807) is 0 Å². The average Bonchev–Trinajstić information content (AvgIpc) is 2.88. The molecule has 2 aromatic rings. The third-order valence-corrected chi connectivity index (χ3v) is 3.14. The number of hydrogen-bond donors (Lipinski definition) is 1. The van der Waals surface area contributed by atoms with Crippen LogP contribution in [0, 0.1) is 18.6 Å². The lowest BCUT2D eigenvalue weighted by Crippen LogP contribution is -2.19. The van der Waals surface area contributed by atoms with Crippen molar-refractivity contribution in [2.24, 2.45) is 4.99 Å². The molecule has 0 amide bonds. The molecule has 0 spiro atoms. The predicted octanol–water partition coefficient (Wildman–Crippen LogP) is 3.25. The van der Waals surface area contributed by atoms with Gasteiger partial charge in [0.2, 0.25) is 6.23 Å². The molecule has 1 heterocycles. The van der Waals surface area contributed by atoms with E-state index >= 15 is 0 Å². The van der Waals surface area contributed by atoms with Crippen LogP contribution in [-0.4, -0.2) is 5.84 Å². The quantitative estimate of drug-likeness (QED) is 0.912. The lowest BCUT2D eigenvalue weighted by atomic mass is 10.1. The minimum atomic E-state index is -0.815. The standard InChI is InChI=1S/C15H12F2N2O/c1-9-4-2-3-5-11(9)14-18-15(20-19-14)12-7-6-10(16)8-13(12)17/h2-8,15H,1H3,(H,18,19)/t15-/m0/s1. The number of benzene rings is 2. The van der Waals surface area contributed by atoms with Crippen LogP contribution in [0.15, 0.2) is 47.5 Å². The summed E-state index contributed by atoms with van der Waals surface area (Å²) in [5.41, 5.74) is 4.81. The second kappa shape index (κ2) is 5.02. The van der Waals surface area contributed by atoms with Gasteiger partial charge in [-0.05, 0) is 24.6 Å². The Bertz CT molecular complexity index is 685. The van der Waals surface area contributed by atoms with Crippen LogP contribution in [-0.2, 0) is 4.84 Å². The number of nitrogens with zero attached hydrogens (tertiary/aromatic N) is 1. The average molecular weight is 274 g/mol. The Balaban J connectivity index is 1.94. The van der Waals surface area contributed by atoms with Crippen molar-refractivity contribution in [2.75, 3.05) is 0 Å². The van der Waals surface area contributed by atoms with Gasteiger partial charge in [0.1, 0.15) is 11.6 Å². The SMILES string of the molecule is Cc1ccccc1C1=N[C@H](c2ccc(F)cc2F)ON1. The maximum absolute atomic E-state index is 13.7. The molecule has 1 aliphatic heterocycles. The van der Waals surface area contributed by atoms with E-state index < -0.39 is 17.9 Å². The molecule has 1 N–H and O–H groups in total. The van der Waals surface area contributed by atoms with E-state index in [2.05, 4.69) is 10.5 Å². The van der Waals surface area contributed by atoms with E-state index in [4.69, 9.17) is 4.84 Å². The first-order chi connectivity index (χ1) is 9.65. The molecule has 102 valence electrons. The fraction of sp³-hybridized carbons (Fsp3) is 0.133. The van der Waals surface area contributed by atoms with Crippen LogP contribution in [0.4, 0.5) is 8.78 Å². The van der Waals surface area contributed by atoms with Crippen LogP contribution < -0.4 is 5.48 Å². The Hall–Kier alpha value is -2.27. The van der Waals surface area contributed by atoms with Crippen LogP contribution in [0.5, 0.6) is 0 Å². The minimum Gasteiger partial charge on any atom is -0.246 e. The van der Waals surface area contributed by atoms with Crippen LogP contribution in [0.25, 0.3) is 0 Å². The van der Waals surface area contributed by atoms with Gasteiger partial charge in [-0.2, -0.15) is 0 Å². The summed E-state index contributed by atoms with van der Waals surface area (Å²) in [7, 11) is 0. The number of aliphatic imine (C=N–C) groups is 1. The van der Waals surface area contributed by atoms with Crippen LogP contribution in [0.2, 0.25) is 0 Å². The van der Waals surface area contributed by atoms with E-state index in [9.17, 15) is 8.78 Å². The number of hydrogen-bond acceptors (Lipinski definition) is 3. The van der Waals surface area contributed by atoms with Gasteiger partial charge >= 0.3 is 0 Å². The van der Waals surface area contributed by atoms with Crippen molar-refractivity contribution in [2.45, 2.75) is 13.2 Å². The molecular weight excluding hydrogens is 262 g/mol.